The third kappa shape index (κ3) is 4.89. The molecule has 0 aromatic heterocycles. The molecule has 1 amide bonds. The highest BCUT2D eigenvalue weighted by atomic mass is 19.4. The van der Waals surface area contributed by atoms with Gasteiger partial charge >= 0.3 is 12.1 Å². The van der Waals surface area contributed by atoms with E-state index in [1.165, 1.54) is 20.1 Å². The van der Waals surface area contributed by atoms with Crippen molar-refractivity contribution < 1.29 is 32.6 Å². The molecule has 2 aromatic carbocycles. The second kappa shape index (κ2) is 9.22. The Morgan fingerprint density at radius 3 is 2.38 bits per heavy atom. The maximum absolute atomic E-state index is 13.7. The molecule has 0 radical (unpaired) electrons. The lowest BCUT2D eigenvalue weighted by molar-refractivity contribution is -0.141. The fraction of sp³-hybridized carbons (Fsp3) is 0.417. The first kappa shape index (κ1) is 23.6. The molecule has 8 heteroatoms. The second-order valence-corrected chi connectivity index (χ2v) is 7.98. The first-order valence-corrected chi connectivity index (χ1v) is 10.5. The highest BCUT2D eigenvalue weighted by Gasteiger charge is 2.38. The average Bonchev–Trinajstić information content (AvgIpc) is 3.60. The van der Waals surface area contributed by atoms with E-state index in [1.807, 2.05) is 13.0 Å². The molecule has 0 heterocycles. The number of carboxylic acid groups (broad SMARTS) is 1. The lowest BCUT2D eigenvalue weighted by atomic mass is 9.89. The van der Waals surface area contributed by atoms with Crippen LogP contribution in [0.3, 0.4) is 0 Å². The van der Waals surface area contributed by atoms with Gasteiger partial charge in [-0.1, -0.05) is 24.3 Å². The molecular weight excluding hydrogens is 423 g/mol. The van der Waals surface area contributed by atoms with Gasteiger partial charge in [0.25, 0.3) is 0 Å². The number of carbonyl (C=O) groups is 2. The number of alkyl halides is 3. The fourth-order valence-electron chi connectivity index (χ4n) is 3.77. The molecule has 1 atom stereocenters. The minimum Gasteiger partial charge on any atom is -0.496 e. The third-order valence-corrected chi connectivity index (χ3v) is 5.80. The van der Waals surface area contributed by atoms with Crippen molar-refractivity contribution in [1.82, 2.24) is 4.90 Å². The quantitative estimate of drug-likeness (QED) is 0.592. The van der Waals surface area contributed by atoms with Crippen LogP contribution in [0.4, 0.5) is 13.2 Å². The van der Waals surface area contributed by atoms with Crippen molar-refractivity contribution >= 4 is 11.9 Å². The van der Waals surface area contributed by atoms with Crippen molar-refractivity contribution in [3.05, 3.63) is 53.1 Å². The molecule has 3 rings (SSSR count). The molecule has 0 saturated heterocycles. The average molecular weight is 449 g/mol. The number of hydrogen-bond donors (Lipinski definition) is 1. The number of carboxylic acids is 1. The number of methoxy groups -OCH3 is 1. The number of hydrogen-bond acceptors (Lipinski definition) is 3. The highest BCUT2D eigenvalue weighted by molar-refractivity contribution is 5.82. The zero-order valence-electron chi connectivity index (χ0n) is 18.2. The molecule has 172 valence electrons. The standard InChI is InChI=1S/C24H26F3NO4/c1-4-28(22(29)15-9-10-15)13-16-7-5-6-8-17(16)19-11-18(14(2)23(30)31)20(24(25,26)27)12-21(19)32-3/h5-8,11-12,14-15H,4,9-10,13H2,1-3H3,(H,30,31). The molecule has 0 bridgehead atoms. The van der Waals surface area contributed by atoms with E-state index in [0.29, 0.717) is 24.2 Å². The number of rotatable bonds is 8. The smallest absolute Gasteiger partial charge is 0.416 e. The Morgan fingerprint density at radius 2 is 1.84 bits per heavy atom. The van der Waals surface area contributed by atoms with Crippen LogP contribution in [-0.4, -0.2) is 35.5 Å². The van der Waals surface area contributed by atoms with E-state index >= 15 is 0 Å². The lowest BCUT2D eigenvalue weighted by Gasteiger charge is -2.24. The van der Waals surface area contributed by atoms with Gasteiger partial charge in [-0.25, -0.2) is 0 Å². The monoisotopic (exact) mass is 449 g/mol. The van der Waals surface area contributed by atoms with E-state index in [1.54, 1.807) is 23.1 Å². The van der Waals surface area contributed by atoms with E-state index in [0.717, 1.165) is 24.5 Å². The Morgan fingerprint density at radius 1 is 1.19 bits per heavy atom. The van der Waals surface area contributed by atoms with Crippen molar-refractivity contribution in [3.8, 4) is 16.9 Å². The topological polar surface area (TPSA) is 66.8 Å². The van der Waals surface area contributed by atoms with Crippen molar-refractivity contribution in [2.24, 2.45) is 5.92 Å². The van der Waals surface area contributed by atoms with Crippen LogP contribution in [0.5, 0.6) is 5.75 Å². The number of amides is 1. The normalized spacial score (nSPS) is 14.7. The summed E-state index contributed by atoms with van der Waals surface area (Å²) in [5.41, 5.74) is 0.324. The van der Waals surface area contributed by atoms with E-state index in [2.05, 4.69) is 0 Å². The number of halogens is 3. The Balaban J connectivity index is 2.14. The van der Waals surface area contributed by atoms with Crippen LogP contribution >= 0.6 is 0 Å². The number of carbonyl (C=O) groups excluding carboxylic acids is 1. The van der Waals surface area contributed by atoms with Crippen LogP contribution in [-0.2, 0) is 22.3 Å². The van der Waals surface area contributed by atoms with Crippen molar-refractivity contribution in [3.63, 3.8) is 0 Å². The molecule has 0 spiro atoms. The molecule has 1 fully saturated rings. The second-order valence-electron chi connectivity index (χ2n) is 7.98. The summed E-state index contributed by atoms with van der Waals surface area (Å²) >= 11 is 0. The van der Waals surface area contributed by atoms with E-state index in [-0.39, 0.29) is 23.1 Å². The fourth-order valence-corrected chi connectivity index (χ4v) is 3.77. The van der Waals surface area contributed by atoms with Gasteiger partial charge in [-0.2, -0.15) is 13.2 Å². The zero-order valence-corrected chi connectivity index (χ0v) is 18.2. The van der Waals surface area contributed by atoms with Gasteiger partial charge in [0.15, 0.2) is 0 Å². The summed E-state index contributed by atoms with van der Waals surface area (Å²) in [7, 11) is 1.27. The maximum atomic E-state index is 13.7. The van der Waals surface area contributed by atoms with Crippen molar-refractivity contribution in [2.45, 2.75) is 45.3 Å². The summed E-state index contributed by atoms with van der Waals surface area (Å²) in [5, 5.41) is 9.40. The summed E-state index contributed by atoms with van der Waals surface area (Å²) in [6, 6.07) is 9.20. The third-order valence-electron chi connectivity index (χ3n) is 5.80. The van der Waals surface area contributed by atoms with Crippen LogP contribution in [0, 0.1) is 5.92 Å². The molecule has 1 aliphatic carbocycles. The van der Waals surface area contributed by atoms with Crippen LogP contribution in [0.1, 0.15) is 49.3 Å². The van der Waals surface area contributed by atoms with Gasteiger partial charge < -0.3 is 14.7 Å². The Bertz CT molecular complexity index is 1010. The lowest BCUT2D eigenvalue weighted by Crippen LogP contribution is -2.31. The molecule has 1 aliphatic rings. The Hall–Kier alpha value is -3.03. The van der Waals surface area contributed by atoms with Gasteiger partial charge in [0, 0.05) is 24.6 Å². The predicted molar refractivity (Wildman–Crippen MR) is 113 cm³/mol. The summed E-state index contributed by atoms with van der Waals surface area (Å²) in [5.74, 6) is -2.62. The molecular formula is C24H26F3NO4. The highest BCUT2D eigenvalue weighted by Crippen LogP contribution is 2.43. The minimum atomic E-state index is -4.74. The molecule has 32 heavy (non-hydrogen) atoms. The molecule has 1 N–H and O–H groups in total. The van der Waals surface area contributed by atoms with Gasteiger partial charge in [0.05, 0.1) is 18.6 Å². The SMILES string of the molecule is CCN(Cc1ccccc1-c1cc(C(C)C(=O)O)c(C(F)(F)F)cc1OC)C(=O)C1CC1. The maximum Gasteiger partial charge on any atom is 0.416 e. The minimum absolute atomic E-state index is 0.0114. The molecule has 5 nitrogen and oxygen atoms in total. The number of nitrogens with zero attached hydrogens (tertiary/aromatic N) is 1. The van der Waals surface area contributed by atoms with Gasteiger partial charge in [0.2, 0.25) is 5.91 Å². The van der Waals surface area contributed by atoms with E-state index in [9.17, 15) is 27.9 Å². The zero-order chi connectivity index (χ0) is 23.6. The first-order valence-electron chi connectivity index (χ1n) is 10.5. The molecule has 0 aliphatic heterocycles. The van der Waals surface area contributed by atoms with Gasteiger partial charge in [-0.05, 0) is 55.5 Å². The van der Waals surface area contributed by atoms with Crippen LogP contribution in [0.2, 0.25) is 0 Å². The van der Waals surface area contributed by atoms with Crippen LogP contribution in [0.15, 0.2) is 36.4 Å². The van der Waals surface area contributed by atoms with Crippen molar-refractivity contribution in [1.29, 1.82) is 0 Å². The first-order chi connectivity index (χ1) is 15.1. The largest absolute Gasteiger partial charge is 0.496 e. The van der Waals surface area contributed by atoms with Gasteiger partial charge in [-0.3, -0.25) is 9.59 Å². The Kier molecular flexibility index (Phi) is 6.81. The predicted octanol–water partition coefficient (Wildman–Crippen LogP) is 5.33. The molecule has 1 saturated carbocycles. The summed E-state index contributed by atoms with van der Waals surface area (Å²) in [6.45, 7) is 3.92. The van der Waals surface area contributed by atoms with E-state index in [4.69, 9.17) is 4.74 Å². The summed E-state index contributed by atoms with van der Waals surface area (Å²) in [6.07, 6.45) is -2.99. The Labute approximate surface area is 184 Å². The van der Waals surface area contributed by atoms with Gasteiger partial charge in [0.1, 0.15) is 5.75 Å². The van der Waals surface area contributed by atoms with Crippen LogP contribution < -0.4 is 4.74 Å². The van der Waals surface area contributed by atoms with Crippen molar-refractivity contribution in [2.75, 3.05) is 13.7 Å². The van der Waals surface area contributed by atoms with Gasteiger partial charge in [-0.15, -0.1) is 0 Å². The number of ether oxygens (including phenoxy) is 1. The molecule has 1 unspecified atom stereocenters. The number of aliphatic carboxylic acids is 1. The summed E-state index contributed by atoms with van der Waals surface area (Å²) in [4.78, 5) is 25.9. The molecule has 2 aromatic rings. The van der Waals surface area contributed by atoms with E-state index < -0.39 is 23.6 Å². The van der Waals surface area contributed by atoms with Crippen LogP contribution in [0.25, 0.3) is 11.1 Å². The summed E-state index contributed by atoms with van der Waals surface area (Å²) < 4.78 is 46.4. The number of benzene rings is 2.